The maximum atomic E-state index is 12.4. The SMILES string of the molecule is CNC(=O)[C@H]1CN(C(=O)CCn2ccc(C)n2)CCN1C(C)C. The molecule has 2 amide bonds. The van der Waals surface area contributed by atoms with Crippen LogP contribution in [-0.4, -0.2) is 70.2 Å². The van der Waals surface area contributed by atoms with Gasteiger partial charge in [0.2, 0.25) is 11.8 Å². The van der Waals surface area contributed by atoms with Crippen molar-refractivity contribution in [3.8, 4) is 0 Å². The first kappa shape index (κ1) is 17.5. The predicted molar refractivity (Wildman–Crippen MR) is 87.9 cm³/mol. The molecule has 1 saturated heterocycles. The zero-order valence-corrected chi connectivity index (χ0v) is 14.5. The molecule has 0 aromatic carbocycles. The van der Waals surface area contributed by atoms with E-state index in [0.29, 0.717) is 26.1 Å². The van der Waals surface area contributed by atoms with E-state index in [2.05, 4.69) is 29.2 Å². The predicted octanol–water partition coefficient (Wildman–Crippen LogP) is 0.249. The summed E-state index contributed by atoms with van der Waals surface area (Å²) in [4.78, 5) is 28.5. The molecular formula is C16H27N5O2. The maximum absolute atomic E-state index is 12.4. The molecule has 1 aliphatic rings. The lowest BCUT2D eigenvalue weighted by Gasteiger charge is -2.42. The third-order valence-corrected chi connectivity index (χ3v) is 4.32. The second kappa shape index (κ2) is 7.59. The summed E-state index contributed by atoms with van der Waals surface area (Å²) < 4.78 is 1.79. The van der Waals surface area contributed by atoms with Crippen molar-refractivity contribution >= 4 is 11.8 Å². The molecular weight excluding hydrogens is 294 g/mol. The van der Waals surface area contributed by atoms with E-state index in [4.69, 9.17) is 0 Å². The Bertz CT molecular complexity index is 554. The highest BCUT2D eigenvalue weighted by Crippen LogP contribution is 2.15. The molecule has 7 nitrogen and oxygen atoms in total. The van der Waals surface area contributed by atoms with Gasteiger partial charge in [0.15, 0.2) is 0 Å². The average Bonchev–Trinajstić information content (AvgIpc) is 2.96. The van der Waals surface area contributed by atoms with E-state index in [0.717, 1.165) is 12.2 Å². The maximum Gasteiger partial charge on any atom is 0.238 e. The number of likely N-dealkylation sites (N-methyl/N-ethyl adjacent to an activating group) is 1. The molecule has 0 radical (unpaired) electrons. The molecule has 1 aromatic rings. The van der Waals surface area contributed by atoms with Gasteiger partial charge in [0, 0.05) is 51.9 Å². The van der Waals surface area contributed by atoms with Crippen LogP contribution in [0.5, 0.6) is 0 Å². The molecule has 1 N–H and O–H groups in total. The van der Waals surface area contributed by atoms with Gasteiger partial charge in [-0.05, 0) is 26.8 Å². The molecule has 0 saturated carbocycles. The van der Waals surface area contributed by atoms with Crippen molar-refractivity contribution in [1.29, 1.82) is 0 Å². The Balaban J connectivity index is 1.94. The van der Waals surface area contributed by atoms with Crippen LogP contribution in [0, 0.1) is 6.92 Å². The molecule has 0 unspecified atom stereocenters. The Morgan fingerprint density at radius 1 is 1.39 bits per heavy atom. The first-order chi connectivity index (χ1) is 10.9. The van der Waals surface area contributed by atoms with Crippen LogP contribution >= 0.6 is 0 Å². The first-order valence-corrected chi connectivity index (χ1v) is 8.17. The highest BCUT2D eigenvalue weighted by atomic mass is 16.2. The highest BCUT2D eigenvalue weighted by molar-refractivity contribution is 5.83. The molecule has 1 fully saturated rings. The van der Waals surface area contributed by atoms with Crippen molar-refractivity contribution in [3.63, 3.8) is 0 Å². The number of nitrogens with one attached hydrogen (secondary N) is 1. The Labute approximate surface area is 137 Å². The van der Waals surface area contributed by atoms with Crippen molar-refractivity contribution in [2.75, 3.05) is 26.7 Å². The van der Waals surface area contributed by atoms with Crippen LogP contribution in [0.4, 0.5) is 0 Å². The van der Waals surface area contributed by atoms with E-state index in [1.807, 2.05) is 19.2 Å². The Morgan fingerprint density at radius 2 is 2.13 bits per heavy atom. The molecule has 1 atom stereocenters. The van der Waals surface area contributed by atoms with E-state index in [1.54, 1.807) is 16.6 Å². The smallest absolute Gasteiger partial charge is 0.238 e. The minimum atomic E-state index is -0.273. The van der Waals surface area contributed by atoms with Crippen LogP contribution in [0.2, 0.25) is 0 Å². The fourth-order valence-corrected chi connectivity index (χ4v) is 3.00. The minimum Gasteiger partial charge on any atom is -0.358 e. The number of carbonyl (C=O) groups excluding carboxylic acids is 2. The lowest BCUT2D eigenvalue weighted by molar-refractivity contribution is -0.139. The molecule has 7 heteroatoms. The van der Waals surface area contributed by atoms with Crippen LogP contribution in [0.25, 0.3) is 0 Å². The van der Waals surface area contributed by atoms with E-state index in [9.17, 15) is 9.59 Å². The summed E-state index contributed by atoms with van der Waals surface area (Å²) in [7, 11) is 1.64. The summed E-state index contributed by atoms with van der Waals surface area (Å²) in [5.74, 6) is 0.0503. The summed E-state index contributed by atoms with van der Waals surface area (Å²) in [6.07, 6.45) is 2.29. The normalized spacial score (nSPS) is 19.2. The first-order valence-electron chi connectivity index (χ1n) is 8.17. The summed E-state index contributed by atoms with van der Waals surface area (Å²) in [5, 5.41) is 7.00. The Morgan fingerprint density at radius 3 is 2.70 bits per heavy atom. The Kier molecular flexibility index (Phi) is 5.76. The number of carbonyl (C=O) groups is 2. The molecule has 0 spiro atoms. The van der Waals surface area contributed by atoms with Gasteiger partial charge in [-0.15, -0.1) is 0 Å². The Hall–Kier alpha value is -1.89. The molecule has 1 aliphatic heterocycles. The largest absolute Gasteiger partial charge is 0.358 e. The van der Waals surface area contributed by atoms with Gasteiger partial charge in [0.1, 0.15) is 6.04 Å². The van der Waals surface area contributed by atoms with Crippen molar-refractivity contribution in [2.45, 2.75) is 45.8 Å². The molecule has 128 valence electrons. The lowest BCUT2D eigenvalue weighted by atomic mass is 10.1. The van der Waals surface area contributed by atoms with E-state index in [1.165, 1.54) is 0 Å². The van der Waals surface area contributed by atoms with Crippen LogP contribution in [0.3, 0.4) is 0 Å². The molecule has 23 heavy (non-hydrogen) atoms. The molecule has 0 aliphatic carbocycles. The minimum absolute atomic E-state index is 0.0288. The van der Waals surface area contributed by atoms with Gasteiger partial charge in [-0.3, -0.25) is 19.2 Å². The standard InChI is InChI=1S/C16H27N5O2/c1-12(2)21-10-9-19(11-14(21)16(23)17-4)15(22)6-8-20-7-5-13(3)18-20/h5,7,12,14H,6,8-11H2,1-4H3,(H,17,23)/t14-/m1/s1. The molecule has 1 aromatic heterocycles. The summed E-state index contributed by atoms with van der Waals surface area (Å²) in [5.41, 5.74) is 0.947. The summed E-state index contributed by atoms with van der Waals surface area (Å²) >= 11 is 0. The van der Waals surface area contributed by atoms with Crippen LogP contribution < -0.4 is 5.32 Å². The zero-order valence-electron chi connectivity index (χ0n) is 14.5. The van der Waals surface area contributed by atoms with Crippen molar-refractivity contribution in [1.82, 2.24) is 24.9 Å². The van der Waals surface area contributed by atoms with Gasteiger partial charge in [-0.2, -0.15) is 5.10 Å². The number of amides is 2. The molecule has 0 bridgehead atoms. The number of hydrogen-bond donors (Lipinski definition) is 1. The number of piperazine rings is 1. The number of rotatable bonds is 5. The van der Waals surface area contributed by atoms with E-state index >= 15 is 0 Å². The van der Waals surface area contributed by atoms with E-state index < -0.39 is 0 Å². The van der Waals surface area contributed by atoms with Gasteiger partial charge < -0.3 is 10.2 Å². The zero-order chi connectivity index (χ0) is 17.0. The van der Waals surface area contributed by atoms with Crippen LogP contribution in [-0.2, 0) is 16.1 Å². The monoisotopic (exact) mass is 321 g/mol. The third-order valence-electron chi connectivity index (χ3n) is 4.32. The van der Waals surface area contributed by atoms with Crippen molar-refractivity contribution < 1.29 is 9.59 Å². The topological polar surface area (TPSA) is 70.5 Å². The quantitative estimate of drug-likeness (QED) is 0.844. The van der Waals surface area contributed by atoms with Gasteiger partial charge in [-0.1, -0.05) is 0 Å². The average molecular weight is 321 g/mol. The summed E-state index contributed by atoms with van der Waals surface area (Å²) in [6, 6.07) is 1.93. The van der Waals surface area contributed by atoms with Gasteiger partial charge >= 0.3 is 0 Å². The summed E-state index contributed by atoms with van der Waals surface area (Å²) in [6.45, 7) is 8.50. The van der Waals surface area contributed by atoms with Crippen molar-refractivity contribution in [2.24, 2.45) is 0 Å². The van der Waals surface area contributed by atoms with Gasteiger partial charge in [-0.25, -0.2) is 0 Å². The highest BCUT2D eigenvalue weighted by Gasteiger charge is 2.34. The molecule has 2 heterocycles. The lowest BCUT2D eigenvalue weighted by Crippen LogP contribution is -2.61. The number of nitrogens with zero attached hydrogens (tertiary/aromatic N) is 4. The number of aromatic nitrogens is 2. The van der Waals surface area contributed by atoms with E-state index in [-0.39, 0.29) is 23.9 Å². The fourth-order valence-electron chi connectivity index (χ4n) is 3.00. The second-order valence-electron chi connectivity index (χ2n) is 6.27. The number of hydrogen-bond acceptors (Lipinski definition) is 4. The third kappa shape index (κ3) is 4.31. The van der Waals surface area contributed by atoms with Crippen molar-refractivity contribution in [3.05, 3.63) is 18.0 Å². The van der Waals surface area contributed by atoms with Crippen LogP contribution in [0.15, 0.2) is 12.3 Å². The van der Waals surface area contributed by atoms with Gasteiger partial charge in [0.05, 0.1) is 5.69 Å². The van der Waals surface area contributed by atoms with Gasteiger partial charge in [0.25, 0.3) is 0 Å². The number of aryl methyl sites for hydroxylation is 2. The van der Waals surface area contributed by atoms with Crippen LogP contribution in [0.1, 0.15) is 26.0 Å². The fraction of sp³-hybridized carbons (Fsp3) is 0.688. The molecule has 2 rings (SSSR count). The second-order valence-corrected chi connectivity index (χ2v) is 6.27.